The van der Waals surface area contributed by atoms with Gasteiger partial charge in [-0.2, -0.15) is 0 Å². The summed E-state index contributed by atoms with van der Waals surface area (Å²) in [5, 5.41) is 4.09. The molecule has 1 aromatic heterocycles. The fourth-order valence-corrected chi connectivity index (χ4v) is 3.85. The van der Waals surface area contributed by atoms with Crippen molar-refractivity contribution in [3.63, 3.8) is 0 Å². The molecule has 1 amide bonds. The Balaban J connectivity index is 1.53. The predicted molar refractivity (Wildman–Crippen MR) is 120 cm³/mol. The second-order valence-electron chi connectivity index (χ2n) is 7.12. The van der Waals surface area contributed by atoms with Crippen LogP contribution in [0.25, 0.3) is 28.6 Å². The number of carbonyl (C=O) groups is 1. The molecule has 0 saturated carbocycles. The topological polar surface area (TPSA) is 34.0 Å². The Kier molecular flexibility index (Phi) is 4.34. The minimum Gasteiger partial charge on any atom is -0.343 e. The molecule has 3 aromatic carbocycles. The van der Waals surface area contributed by atoms with Crippen molar-refractivity contribution in [1.82, 2.24) is 4.57 Å². The molecule has 0 spiro atoms. The first-order valence-corrected chi connectivity index (χ1v) is 9.71. The van der Waals surface area contributed by atoms with Crippen LogP contribution in [-0.4, -0.2) is 10.5 Å². The smallest absolute Gasteiger partial charge is 0.256 e. The highest BCUT2D eigenvalue weighted by molar-refractivity contribution is 6.35. The number of hydrogen-bond donors (Lipinski definition) is 1. The van der Waals surface area contributed by atoms with E-state index in [-0.39, 0.29) is 5.91 Å². The van der Waals surface area contributed by atoms with Crippen molar-refractivity contribution in [2.75, 3.05) is 5.32 Å². The quantitative estimate of drug-likeness (QED) is 0.446. The van der Waals surface area contributed by atoms with Crippen LogP contribution in [0.3, 0.4) is 0 Å². The van der Waals surface area contributed by atoms with Gasteiger partial charge in [0.05, 0.1) is 0 Å². The van der Waals surface area contributed by atoms with E-state index in [1.165, 1.54) is 5.56 Å². The average molecular weight is 376 g/mol. The van der Waals surface area contributed by atoms with Crippen LogP contribution in [0, 0.1) is 0 Å². The maximum absolute atomic E-state index is 12.5. The van der Waals surface area contributed by atoms with E-state index in [1.807, 2.05) is 60.7 Å². The Hall–Kier alpha value is -3.85. The fourth-order valence-electron chi connectivity index (χ4n) is 3.85. The second-order valence-corrected chi connectivity index (χ2v) is 7.12. The first-order chi connectivity index (χ1) is 14.3. The summed E-state index contributed by atoms with van der Waals surface area (Å²) in [7, 11) is 0. The minimum atomic E-state index is -0.0491. The monoisotopic (exact) mass is 376 g/mol. The SMILES string of the molecule is O=C1Nc2ccccc2/C1=C/c1cn(C/C=C\c2ccccc2)c2ccccc12. The lowest BCUT2D eigenvalue weighted by Gasteiger charge is -2.00. The van der Waals surface area contributed by atoms with Gasteiger partial charge in [-0.05, 0) is 23.8 Å². The van der Waals surface area contributed by atoms with Crippen molar-refractivity contribution >= 4 is 40.2 Å². The van der Waals surface area contributed by atoms with Gasteiger partial charge in [-0.1, -0.05) is 78.9 Å². The van der Waals surface area contributed by atoms with E-state index < -0.39 is 0 Å². The highest BCUT2D eigenvalue weighted by Crippen LogP contribution is 2.34. The van der Waals surface area contributed by atoms with Crippen molar-refractivity contribution in [2.45, 2.75) is 6.54 Å². The largest absolute Gasteiger partial charge is 0.343 e. The maximum atomic E-state index is 12.5. The summed E-state index contributed by atoms with van der Waals surface area (Å²) >= 11 is 0. The number of aromatic nitrogens is 1. The van der Waals surface area contributed by atoms with E-state index in [2.05, 4.69) is 52.5 Å². The Bertz CT molecular complexity index is 1260. The number of allylic oxidation sites excluding steroid dienone is 1. The molecular formula is C26H20N2O. The summed E-state index contributed by atoms with van der Waals surface area (Å²) in [6.45, 7) is 0.765. The zero-order valence-corrected chi connectivity index (χ0v) is 15.9. The number of nitrogens with zero attached hydrogens (tertiary/aromatic N) is 1. The van der Waals surface area contributed by atoms with Gasteiger partial charge in [0.1, 0.15) is 0 Å². The Morgan fingerprint density at radius 1 is 0.862 bits per heavy atom. The molecule has 0 bridgehead atoms. The van der Waals surface area contributed by atoms with Gasteiger partial charge in [-0.15, -0.1) is 0 Å². The zero-order valence-electron chi connectivity index (χ0n) is 15.9. The van der Waals surface area contributed by atoms with Crippen LogP contribution in [0.2, 0.25) is 0 Å². The molecule has 1 N–H and O–H groups in total. The number of rotatable bonds is 4. The molecule has 0 atom stereocenters. The van der Waals surface area contributed by atoms with E-state index in [4.69, 9.17) is 0 Å². The number of benzene rings is 3. The summed E-state index contributed by atoms with van der Waals surface area (Å²) < 4.78 is 2.22. The fraction of sp³-hybridized carbons (Fsp3) is 0.0385. The number of carbonyl (C=O) groups excluding carboxylic acids is 1. The molecule has 1 aliphatic rings. The summed E-state index contributed by atoms with van der Waals surface area (Å²) in [5.41, 5.74) is 5.93. The van der Waals surface area contributed by atoms with Crippen LogP contribution < -0.4 is 5.32 Å². The number of anilines is 1. The van der Waals surface area contributed by atoms with E-state index in [0.717, 1.165) is 34.3 Å². The predicted octanol–water partition coefficient (Wildman–Crippen LogP) is 5.85. The van der Waals surface area contributed by atoms with Gasteiger partial charge in [0.2, 0.25) is 0 Å². The lowest BCUT2D eigenvalue weighted by Crippen LogP contribution is -2.03. The van der Waals surface area contributed by atoms with Gasteiger partial charge >= 0.3 is 0 Å². The molecule has 1 aliphatic heterocycles. The number of amides is 1. The Morgan fingerprint density at radius 2 is 1.62 bits per heavy atom. The summed E-state index contributed by atoms with van der Waals surface area (Å²) in [6.07, 6.45) is 8.42. The summed E-state index contributed by atoms with van der Waals surface area (Å²) in [5.74, 6) is -0.0491. The zero-order chi connectivity index (χ0) is 19.6. The number of fused-ring (bicyclic) bond motifs is 2. The standard InChI is InChI=1S/C26H20N2O/c29-26-23(22-13-4-6-14-24(22)27-26)17-20-18-28(25-15-7-5-12-21(20)25)16-8-11-19-9-2-1-3-10-19/h1-15,17-18H,16H2,(H,27,29)/b11-8-,23-17-. The van der Waals surface area contributed by atoms with Crippen LogP contribution in [0.5, 0.6) is 0 Å². The van der Waals surface area contributed by atoms with Crippen molar-refractivity contribution in [3.05, 3.63) is 108 Å². The van der Waals surface area contributed by atoms with Crippen molar-refractivity contribution in [1.29, 1.82) is 0 Å². The minimum absolute atomic E-state index is 0.0491. The average Bonchev–Trinajstić information content (AvgIpc) is 3.27. The van der Waals surface area contributed by atoms with Crippen molar-refractivity contribution in [3.8, 4) is 0 Å². The van der Waals surface area contributed by atoms with Crippen LogP contribution >= 0.6 is 0 Å². The van der Waals surface area contributed by atoms with E-state index >= 15 is 0 Å². The van der Waals surface area contributed by atoms with Gasteiger partial charge in [-0.3, -0.25) is 4.79 Å². The first kappa shape index (κ1) is 17.3. The first-order valence-electron chi connectivity index (χ1n) is 9.71. The van der Waals surface area contributed by atoms with E-state index in [9.17, 15) is 4.79 Å². The molecule has 5 rings (SSSR count). The van der Waals surface area contributed by atoms with Crippen LogP contribution in [-0.2, 0) is 11.3 Å². The Morgan fingerprint density at radius 3 is 2.52 bits per heavy atom. The molecule has 140 valence electrons. The van der Waals surface area contributed by atoms with Gasteiger partial charge in [0.25, 0.3) is 5.91 Å². The second kappa shape index (κ2) is 7.28. The van der Waals surface area contributed by atoms with Gasteiger partial charge in [0.15, 0.2) is 0 Å². The summed E-state index contributed by atoms with van der Waals surface area (Å²) in [4.78, 5) is 12.5. The number of nitrogens with one attached hydrogen (secondary N) is 1. The molecule has 2 heterocycles. The number of hydrogen-bond acceptors (Lipinski definition) is 1. The Labute approximate surface area is 169 Å². The molecule has 29 heavy (non-hydrogen) atoms. The third kappa shape index (κ3) is 3.27. The van der Waals surface area contributed by atoms with Crippen LogP contribution in [0.1, 0.15) is 16.7 Å². The molecule has 0 radical (unpaired) electrons. The lowest BCUT2D eigenvalue weighted by atomic mass is 10.0. The molecule has 3 heteroatoms. The normalized spacial score (nSPS) is 14.6. The number of para-hydroxylation sites is 2. The van der Waals surface area contributed by atoms with E-state index in [0.29, 0.717) is 5.57 Å². The molecule has 0 aliphatic carbocycles. The molecule has 3 nitrogen and oxygen atoms in total. The lowest BCUT2D eigenvalue weighted by molar-refractivity contribution is -0.110. The maximum Gasteiger partial charge on any atom is 0.256 e. The highest BCUT2D eigenvalue weighted by atomic mass is 16.2. The van der Waals surface area contributed by atoms with E-state index in [1.54, 1.807) is 0 Å². The molecule has 0 fully saturated rings. The van der Waals surface area contributed by atoms with Gasteiger partial charge in [-0.25, -0.2) is 0 Å². The van der Waals surface area contributed by atoms with Crippen molar-refractivity contribution < 1.29 is 4.79 Å². The van der Waals surface area contributed by atoms with Gasteiger partial charge in [0, 0.05) is 46.0 Å². The molecule has 4 aromatic rings. The van der Waals surface area contributed by atoms with Crippen molar-refractivity contribution in [2.24, 2.45) is 0 Å². The van der Waals surface area contributed by atoms with Gasteiger partial charge < -0.3 is 9.88 Å². The molecule has 0 unspecified atom stereocenters. The third-order valence-corrected chi connectivity index (χ3v) is 5.24. The summed E-state index contributed by atoms with van der Waals surface area (Å²) in [6, 6.07) is 26.4. The molecular weight excluding hydrogens is 356 g/mol. The third-order valence-electron chi connectivity index (χ3n) is 5.24. The van der Waals surface area contributed by atoms with Crippen LogP contribution in [0.4, 0.5) is 5.69 Å². The van der Waals surface area contributed by atoms with Crippen LogP contribution in [0.15, 0.2) is 91.1 Å². The highest BCUT2D eigenvalue weighted by Gasteiger charge is 2.23. The molecule has 0 saturated heterocycles.